The van der Waals surface area contributed by atoms with Gasteiger partial charge in [0.2, 0.25) is 10.0 Å². The van der Waals surface area contributed by atoms with Crippen molar-refractivity contribution in [3.05, 3.63) is 57.3 Å². The van der Waals surface area contributed by atoms with Gasteiger partial charge < -0.3 is 4.57 Å². The molecule has 26 heavy (non-hydrogen) atoms. The highest BCUT2D eigenvalue weighted by Gasteiger charge is 2.14. The summed E-state index contributed by atoms with van der Waals surface area (Å²) in [5.41, 5.74) is 1.29. The third kappa shape index (κ3) is 3.80. The molecule has 1 heterocycles. The molecule has 0 aliphatic heterocycles. The lowest BCUT2D eigenvalue weighted by Gasteiger charge is -2.04. The third-order valence-corrected chi connectivity index (χ3v) is 6.38. The van der Waals surface area contributed by atoms with Gasteiger partial charge in [-0.25, -0.2) is 13.6 Å². The van der Waals surface area contributed by atoms with Crippen LogP contribution in [0.1, 0.15) is 23.7 Å². The smallest absolute Gasteiger partial charge is 0.280 e. The van der Waals surface area contributed by atoms with Crippen molar-refractivity contribution in [1.82, 2.24) is 4.57 Å². The number of aryl methyl sites for hydroxylation is 1. The van der Waals surface area contributed by atoms with E-state index in [1.54, 1.807) is 24.3 Å². The molecule has 0 bridgehead atoms. The maximum absolute atomic E-state index is 12.6. The van der Waals surface area contributed by atoms with Gasteiger partial charge in [-0.05, 0) is 52.7 Å². The number of sulfonamides is 1. The van der Waals surface area contributed by atoms with Crippen LogP contribution in [-0.4, -0.2) is 18.9 Å². The first-order valence-electron chi connectivity index (χ1n) is 7.81. The number of rotatable bonds is 4. The van der Waals surface area contributed by atoms with E-state index in [0.717, 1.165) is 11.9 Å². The Morgan fingerprint density at radius 2 is 2.00 bits per heavy atom. The van der Waals surface area contributed by atoms with Gasteiger partial charge in [0.1, 0.15) is 0 Å². The van der Waals surface area contributed by atoms with Crippen molar-refractivity contribution in [2.45, 2.75) is 24.8 Å². The number of amides is 1. The molecule has 3 aromatic rings. The van der Waals surface area contributed by atoms with Crippen molar-refractivity contribution in [2.75, 3.05) is 0 Å². The summed E-state index contributed by atoms with van der Waals surface area (Å²) in [7, 11) is -3.79. The second-order valence-electron chi connectivity index (χ2n) is 5.61. The highest BCUT2D eigenvalue weighted by atomic mass is 79.9. The van der Waals surface area contributed by atoms with E-state index in [1.807, 2.05) is 17.6 Å². The van der Waals surface area contributed by atoms with Crippen LogP contribution >= 0.6 is 27.3 Å². The summed E-state index contributed by atoms with van der Waals surface area (Å²) < 4.78 is 26.5. The van der Waals surface area contributed by atoms with E-state index in [0.29, 0.717) is 26.1 Å². The van der Waals surface area contributed by atoms with Gasteiger partial charge in [0.05, 0.1) is 20.7 Å². The van der Waals surface area contributed by atoms with Crippen LogP contribution in [-0.2, 0) is 16.6 Å². The lowest BCUT2D eigenvalue weighted by molar-refractivity contribution is 0.0997. The monoisotopic (exact) mass is 453 g/mol. The highest BCUT2D eigenvalue weighted by molar-refractivity contribution is 9.10. The van der Waals surface area contributed by atoms with E-state index in [2.05, 4.69) is 20.9 Å². The van der Waals surface area contributed by atoms with Crippen LogP contribution in [0.2, 0.25) is 0 Å². The molecule has 0 unspecified atom stereocenters. The third-order valence-electron chi connectivity index (χ3n) is 3.73. The summed E-state index contributed by atoms with van der Waals surface area (Å²) >= 11 is 4.62. The zero-order valence-electron chi connectivity index (χ0n) is 13.8. The zero-order chi connectivity index (χ0) is 18.9. The number of nitrogens with zero attached hydrogens (tertiary/aromatic N) is 2. The molecule has 0 aliphatic carbocycles. The van der Waals surface area contributed by atoms with E-state index in [1.165, 1.54) is 23.5 Å². The summed E-state index contributed by atoms with van der Waals surface area (Å²) in [6.07, 6.45) is 0.846. The lowest BCUT2D eigenvalue weighted by Crippen LogP contribution is -2.17. The fraction of sp³-hybridized carbons (Fsp3) is 0.176. The van der Waals surface area contributed by atoms with Crippen LogP contribution in [0, 0.1) is 0 Å². The Morgan fingerprint density at radius 3 is 2.65 bits per heavy atom. The van der Waals surface area contributed by atoms with Crippen molar-refractivity contribution < 1.29 is 13.2 Å². The molecule has 0 saturated carbocycles. The normalized spacial score (nSPS) is 12.7. The van der Waals surface area contributed by atoms with E-state index < -0.39 is 10.0 Å². The van der Waals surface area contributed by atoms with Crippen molar-refractivity contribution >= 4 is 53.4 Å². The standard InChI is InChI=1S/C17H16BrN3O3S2/c1-2-9-21-14-8-7-11(26(19,23)24)10-15(14)25-17(21)20-16(22)12-5-3-4-6-13(12)18/h3-8,10H,2,9H2,1H3,(H2,19,23,24). The first-order valence-corrected chi connectivity index (χ1v) is 11.0. The molecule has 1 aromatic heterocycles. The second kappa shape index (κ2) is 7.43. The fourth-order valence-electron chi connectivity index (χ4n) is 2.54. The van der Waals surface area contributed by atoms with Gasteiger partial charge in [-0.3, -0.25) is 4.79 Å². The minimum Gasteiger partial charge on any atom is -0.316 e. The first kappa shape index (κ1) is 19.0. The van der Waals surface area contributed by atoms with E-state index in [9.17, 15) is 13.2 Å². The predicted octanol–water partition coefficient (Wildman–Crippen LogP) is 3.26. The Morgan fingerprint density at radius 1 is 1.27 bits per heavy atom. The van der Waals surface area contributed by atoms with Crippen LogP contribution in [0.4, 0.5) is 0 Å². The molecule has 0 saturated heterocycles. The van der Waals surface area contributed by atoms with Gasteiger partial charge >= 0.3 is 0 Å². The summed E-state index contributed by atoms with van der Waals surface area (Å²) in [6.45, 7) is 2.69. The van der Waals surface area contributed by atoms with Gasteiger partial charge in [-0.2, -0.15) is 4.99 Å². The Labute approximate surface area is 163 Å². The van der Waals surface area contributed by atoms with Gasteiger partial charge in [0.15, 0.2) is 4.80 Å². The molecule has 0 radical (unpaired) electrons. The number of hydrogen-bond donors (Lipinski definition) is 1. The lowest BCUT2D eigenvalue weighted by atomic mass is 10.2. The number of aromatic nitrogens is 1. The molecule has 0 spiro atoms. The Balaban J connectivity index is 2.20. The maximum Gasteiger partial charge on any atom is 0.280 e. The first-order chi connectivity index (χ1) is 12.3. The molecule has 2 N–H and O–H groups in total. The second-order valence-corrected chi connectivity index (χ2v) is 9.03. The van der Waals surface area contributed by atoms with Crippen molar-refractivity contribution in [3.8, 4) is 0 Å². The minimum absolute atomic E-state index is 0.0404. The van der Waals surface area contributed by atoms with E-state index >= 15 is 0 Å². The molecule has 6 nitrogen and oxygen atoms in total. The largest absolute Gasteiger partial charge is 0.316 e. The van der Waals surface area contributed by atoms with Crippen LogP contribution in [0.3, 0.4) is 0 Å². The Hall–Kier alpha value is -1.81. The van der Waals surface area contributed by atoms with Crippen molar-refractivity contribution in [3.63, 3.8) is 0 Å². The van der Waals surface area contributed by atoms with Crippen LogP contribution < -0.4 is 9.94 Å². The number of primary sulfonamides is 1. The number of fused-ring (bicyclic) bond motifs is 1. The Bertz CT molecular complexity index is 1160. The predicted molar refractivity (Wildman–Crippen MR) is 106 cm³/mol. The number of carbonyl (C=O) groups excluding carboxylic acids is 1. The molecule has 9 heteroatoms. The SMILES string of the molecule is CCCn1c(=NC(=O)c2ccccc2Br)sc2cc(S(N)(=O)=O)ccc21. The zero-order valence-corrected chi connectivity index (χ0v) is 17.1. The summed E-state index contributed by atoms with van der Waals surface area (Å²) in [4.78, 5) is 17.4. The number of nitrogens with two attached hydrogens (primary N) is 1. The average Bonchev–Trinajstić information content (AvgIpc) is 2.91. The van der Waals surface area contributed by atoms with Gasteiger partial charge in [0.25, 0.3) is 5.91 Å². The van der Waals surface area contributed by atoms with E-state index in [4.69, 9.17) is 5.14 Å². The number of halogens is 1. The molecule has 0 atom stereocenters. The summed E-state index contributed by atoms with van der Waals surface area (Å²) in [5, 5.41) is 5.21. The molecule has 1 amide bonds. The number of hydrogen-bond acceptors (Lipinski definition) is 4. The van der Waals surface area contributed by atoms with Gasteiger partial charge in [0, 0.05) is 11.0 Å². The maximum atomic E-state index is 12.6. The summed E-state index contributed by atoms with van der Waals surface area (Å²) in [6, 6.07) is 11.8. The quantitative estimate of drug-likeness (QED) is 0.656. The van der Waals surface area contributed by atoms with Crippen molar-refractivity contribution in [2.24, 2.45) is 10.1 Å². The molecule has 0 fully saturated rings. The average molecular weight is 454 g/mol. The topological polar surface area (TPSA) is 94.5 Å². The number of benzene rings is 2. The van der Waals surface area contributed by atoms with Gasteiger partial charge in [-0.15, -0.1) is 0 Å². The van der Waals surface area contributed by atoms with Crippen LogP contribution in [0.5, 0.6) is 0 Å². The van der Waals surface area contributed by atoms with Gasteiger partial charge in [-0.1, -0.05) is 30.4 Å². The molecular weight excluding hydrogens is 438 g/mol. The molecular formula is C17H16BrN3O3S2. The fourth-order valence-corrected chi connectivity index (χ4v) is 4.70. The minimum atomic E-state index is -3.79. The number of thiazole rings is 1. The Kier molecular flexibility index (Phi) is 5.42. The van der Waals surface area contributed by atoms with Crippen LogP contribution in [0.15, 0.2) is 56.8 Å². The summed E-state index contributed by atoms with van der Waals surface area (Å²) in [5.74, 6) is -0.361. The number of carbonyl (C=O) groups is 1. The van der Waals surface area contributed by atoms with Crippen LogP contribution in [0.25, 0.3) is 10.2 Å². The molecule has 136 valence electrons. The molecule has 0 aliphatic rings. The van der Waals surface area contributed by atoms with E-state index in [-0.39, 0.29) is 10.8 Å². The molecule has 3 rings (SSSR count). The van der Waals surface area contributed by atoms with Crippen molar-refractivity contribution in [1.29, 1.82) is 0 Å². The molecule has 2 aromatic carbocycles. The highest BCUT2D eigenvalue weighted by Crippen LogP contribution is 2.22.